The average molecular weight is 522 g/mol. The number of fused-ring (bicyclic) bond motifs is 3. The van der Waals surface area contributed by atoms with Gasteiger partial charge >= 0.3 is 18.3 Å². The molecule has 0 fully saturated rings. The number of carbonyl (C=O) groups is 1. The van der Waals surface area contributed by atoms with Crippen LogP contribution in [0.4, 0.5) is 26.3 Å². The van der Waals surface area contributed by atoms with E-state index in [9.17, 15) is 36.2 Å². The number of aliphatic carboxylic acids is 1. The Balaban J connectivity index is 2.05. The number of nitrogens with zero attached hydrogens (tertiary/aromatic N) is 3. The zero-order valence-electron chi connectivity index (χ0n) is 17.5. The van der Waals surface area contributed by atoms with E-state index >= 15 is 0 Å². The van der Waals surface area contributed by atoms with E-state index in [0.717, 1.165) is 19.2 Å². The molecule has 4 rings (SSSR count). The topological polar surface area (TPSA) is 86.5 Å². The van der Waals surface area contributed by atoms with Crippen molar-refractivity contribution in [2.45, 2.75) is 31.0 Å². The van der Waals surface area contributed by atoms with Crippen LogP contribution in [0.25, 0.3) is 5.69 Å². The minimum atomic E-state index is -5.00. The van der Waals surface area contributed by atoms with E-state index in [1.54, 1.807) is 0 Å². The van der Waals surface area contributed by atoms with Crippen LogP contribution in [-0.4, -0.2) is 33.0 Å². The molecule has 186 valence electrons. The van der Waals surface area contributed by atoms with Crippen molar-refractivity contribution in [3.8, 4) is 11.4 Å². The summed E-state index contributed by atoms with van der Waals surface area (Å²) in [4.78, 5) is 11.5. The number of para-hydroxylation sites is 1. The predicted molar refractivity (Wildman–Crippen MR) is 107 cm³/mol. The maximum atomic E-state index is 13.8. The number of benzene rings is 2. The van der Waals surface area contributed by atoms with Crippen molar-refractivity contribution in [1.29, 1.82) is 0 Å². The van der Waals surface area contributed by atoms with Gasteiger partial charge in [-0.3, -0.25) is 9.36 Å². The van der Waals surface area contributed by atoms with Gasteiger partial charge in [0.05, 0.1) is 24.8 Å². The number of hydrogen-bond donors (Lipinski definition) is 1. The number of ether oxygens (including phenoxy) is 2. The van der Waals surface area contributed by atoms with Crippen LogP contribution >= 0.6 is 11.6 Å². The summed E-state index contributed by atoms with van der Waals surface area (Å²) in [6.45, 7) is 0. The lowest BCUT2D eigenvalue weighted by Gasteiger charge is -2.25. The largest absolute Gasteiger partial charge is 0.496 e. The van der Waals surface area contributed by atoms with Gasteiger partial charge in [-0.2, -0.15) is 26.3 Å². The standard InChI is InChI=1S/C21H14ClF6N3O4/c1-34-17-10(3-2-4-12(17)20(23,24)25)16-11-7-9(22)5-6-13(11)31-18(14(35-16)8-15(32)33)29-30-19(31)21(26,27)28/h2-7,14,16H,8H2,1H3,(H,32,33). The Morgan fingerprint density at radius 2 is 1.83 bits per heavy atom. The fourth-order valence-electron chi connectivity index (χ4n) is 3.91. The third kappa shape index (κ3) is 4.52. The molecule has 0 saturated carbocycles. The Hall–Kier alpha value is -3.32. The molecule has 0 amide bonds. The number of alkyl halides is 6. The van der Waals surface area contributed by atoms with Gasteiger partial charge in [0.1, 0.15) is 18.0 Å². The van der Waals surface area contributed by atoms with Gasteiger partial charge in [0.25, 0.3) is 0 Å². The number of methoxy groups -OCH3 is 1. The van der Waals surface area contributed by atoms with Crippen LogP contribution in [0.2, 0.25) is 5.02 Å². The molecule has 2 atom stereocenters. The highest BCUT2D eigenvalue weighted by Gasteiger charge is 2.44. The second kappa shape index (κ2) is 8.72. The summed E-state index contributed by atoms with van der Waals surface area (Å²) >= 11 is 6.09. The monoisotopic (exact) mass is 521 g/mol. The molecule has 2 aromatic carbocycles. The molecule has 0 radical (unpaired) electrons. The van der Waals surface area contributed by atoms with E-state index in [1.807, 2.05) is 0 Å². The van der Waals surface area contributed by atoms with Gasteiger partial charge in [0.15, 0.2) is 5.82 Å². The van der Waals surface area contributed by atoms with Crippen LogP contribution < -0.4 is 4.74 Å². The normalized spacial score (nSPS) is 17.9. The summed E-state index contributed by atoms with van der Waals surface area (Å²) < 4.78 is 93.8. The van der Waals surface area contributed by atoms with Crippen molar-refractivity contribution < 1.29 is 45.7 Å². The Morgan fingerprint density at radius 1 is 1.11 bits per heavy atom. The molecule has 1 aliphatic heterocycles. The van der Waals surface area contributed by atoms with Crippen LogP contribution in [0.3, 0.4) is 0 Å². The lowest BCUT2D eigenvalue weighted by Crippen LogP contribution is -2.17. The van der Waals surface area contributed by atoms with E-state index in [2.05, 4.69) is 10.2 Å². The number of aromatic nitrogens is 3. The van der Waals surface area contributed by atoms with Crippen LogP contribution in [0.1, 0.15) is 47.0 Å². The molecule has 1 N–H and O–H groups in total. The molecule has 0 aliphatic carbocycles. The molecule has 14 heteroatoms. The third-order valence-electron chi connectivity index (χ3n) is 5.24. The van der Waals surface area contributed by atoms with Gasteiger partial charge in [0, 0.05) is 16.1 Å². The number of halogens is 7. The van der Waals surface area contributed by atoms with Crippen molar-refractivity contribution in [3.05, 3.63) is 69.8 Å². The fourth-order valence-corrected chi connectivity index (χ4v) is 4.10. The lowest BCUT2D eigenvalue weighted by molar-refractivity contribution is -0.146. The molecule has 0 bridgehead atoms. The maximum Gasteiger partial charge on any atom is 0.452 e. The summed E-state index contributed by atoms with van der Waals surface area (Å²) in [6, 6.07) is 6.75. The first kappa shape index (κ1) is 24.8. The van der Waals surface area contributed by atoms with E-state index in [4.69, 9.17) is 21.1 Å². The second-order valence-corrected chi connectivity index (χ2v) is 7.88. The van der Waals surface area contributed by atoms with E-state index in [1.165, 1.54) is 24.3 Å². The van der Waals surface area contributed by atoms with E-state index < -0.39 is 59.9 Å². The Kier molecular flexibility index (Phi) is 6.18. The smallest absolute Gasteiger partial charge is 0.452 e. The van der Waals surface area contributed by atoms with Gasteiger partial charge in [0.2, 0.25) is 5.82 Å². The van der Waals surface area contributed by atoms with Crippen LogP contribution in [-0.2, 0) is 21.9 Å². The van der Waals surface area contributed by atoms with Gasteiger partial charge in [-0.15, -0.1) is 10.2 Å². The summed E-state index contributed by atoms with van der Waals surface area (Å²) in [5.41, 5.74) is -1.62. The van der Waals surface area contributed by atoms with Crippen molar-refractivity contribution in [3.63, 3.8) is 0 Å². The predicted octanol–water partition coefficient (Wildman–Crippen LogP) is 5.60. The highest BCUT2D eigenvalue weighted by atomic mass is 35.5. The number of rotatable bonds is 4. The number of carboxylic acid groups (broad SMARTS) is 1. The van der Waals surface area contributed by atoms with Gasteiger partial charge in [-0.1, -0.05) is 23.7 Å². The molecule has 2 unspecified atom stereocenters. The molecule has 7 nitrogen and oxygen atoms in total. The number of hydrogen-bond acceptors (Lipinski definition) is 5. The molecule has 0 saturated heterocycles. The Labute approximate surface area is 197 Å². The van der Waals surface area contributed by atoms with Crippen LogP contribution in [0.15, 0.2) is 36.4 Å². The highest BCUT2D eigenvalue weighted by Crippen LogP contribution is 2.48. The quantitative estimate of drug-likeness (QED) is 0.450. The molecule has 1 aliphatic rings. The minimum Gasteiger partial charge on any atom is -0.496 e. The molecule has 3 aromatic rings. The average Bonchev–Trinajstić information content (AvgIpc) is 3.16. The Bertz CT molecular complexity index is 1290. The van der Waals surface area contributed by atoms with Crippen molar-refractivity contribution in [2.75, 3.05) is 7.11 Å². The van der Waals surface area contributed by atoms with Gasteiger partial charge < -0.3 is 14.6 Å². The molecular weight excluding hydrogens is 508 g/mol. The number of carboxylic acids is 1. The zero-order chi connectivity index (χ0) is 25.7. The van der Waals surface area contributed by atoms with Crippen molar-refractivity contribution in [1.82, 2.24) is 14.8 Å². The first-order chi connectivity index (χ1) is 16.3. The maximum absolute atomic E-state index is 13.8. The van der Waals surface area contributed by atoms with Crippen LogP contribution in [0.5, 0.6) is 5.75 Å². The SMILES string of the molecule is COc1c(C2OC(CC(=O)O)c3nnc(C(F)(F)F)n3-c3ccc(Cl)cc32)cccc1C(F)(F)F. The highest BCUT2D eigenvalue weighted by molar-refractivity contribution is 6.30. The Morgan fingerprint density at radius 3 is 2.43 bits per heavy atom. The lowest BCUT2D eigenvalue weighted by atomic mass is 9.96. The van der Waals surface area contributed by atoms with Crippen molar-refractivity contribution >= 4 is 17.6 Å². The summed E-state index contributed by atoms with van der Waals surface area (Å²) in [5.74, 6) is -4.04. The molecule has 0 spiro atoms. The summed E-state index contributed by atoms with van der Waals surface area (Å²) in [5, 5.41) is 16.1. The molecule has 35 heavy (non-hydrogen) atoms. The summed E-state index contributed by atoms with van der Waals surface area (Å²) in [7, 11) is 0.995. The molecule has 1 aromatic heterocycles. The molecule has 2 heterocycles. The fraction of sp³-hybridized carbons (Fsp3) is 0.286. The first-order valence-corrected chi connectivity index (χ1v) is 10.1. The first-order valence-electron chi connectivity index (χ1n) is 9.76. The van der Waals surface area contributed by atoms with E-state index in [0.29, 0.717) is 4.57 Å². The van der Waals surface area contributed by atoms with Gasteiger partial charge in [-0.05, 0) is 24.3 Å². The molecular formula is C21H14ClF6N3O4. The second-order valence-electron chi connectivity index (χ2n) is 7.45. The van der Waals surface area contributed by atoms with E-state index in [-0.39, 0.29) is 21.8 Å². The van der Waals surface area contributed by atoms with Gasteiger partial charge in [-0.25, -0.2) is 0 Å². The third-order valence-corrected chi connectivity index (χ3v) is 5.48. The summed E-state index contributed by atoms with van der Waals surface area (Å²) in [6.07, 6.45) is -13.8. The zero-order valence-corrected chi connectivity index (χ0v) is 18.2. The van der Waals surface area contributed by atoms with Crippen molar-refractivity contribution in [2.24, 2.45) is 0 Å². The van der Waals surface area contributed by atoms with Crippen LogP contribution in [0, 0.1) is 0 Å². The minimum absolute atomic E-state index is 0.0446.